The normalized spacial score (nSPS) is 15.9. The minimum absolute atomic E-state index is 0.116. The van der Waals surface area contributed by atoms with E-state index in [1.54, 1.807) is 11.8 Å². The lowest BCUT2D eigenvalue weighted by molar-refractivity contribution is -0.143. The molecule has 1 amide bonds. The van der Waals surface area contributed by atoms with E-state index in [1.165, 1.54) is 0 Å². The van der Waals surface area contributed by atoms with Crippen LogP contribution in [0.4, 0.5) is 5.69 Å². The second-order valence-corrected chi connectivity index (χ2v) is 6.21. The van der Waals surface area contributed by atoms with Gasteiger partial charge in [0.25, 0.3) is 0 Å². The van der Waals surface area contributed by atoms with E-state index in [4.69, 9.17) is 0 Å². The Balaban J connectivity index is 2.04. The van der Waals surface area contributed by atoms with Crippen molar-refractivity contribution < 1.29 is 14.7 Å². The summed E-state index contributed by atoms with van der Waals surface area (Å²) in [6.45, 7) is 5.91. The summed E-state index contributed by atoms with van der Waals surface area (Å²) in [5.74, 6) is -0.732. The quantitative estimate of drug-likeness (QED) is 0.812. The molecule has 1 unspecified atom stereocenters. The van der Waals surface area contributed by atoms with E-state index < -0.39 is 12.0 Å². The van der Waals surface area contributed by atoms with E-state index >= 15 is 0 Å². The summed E-state index contributed by atoms with van der Waals surface area (Å²) in [4.78, 5) is 25.3. The molecule has 2 N–H and O–H groups in total. The van der Waals surface area contributed by atoms with E-state index in [0.29, 0.717) is 5.92 Å². The van der Waals surface area contributed by atoms with Gasteiger partial charge in [-0.2, -0.15) is 0 Å². The molecule has 1 aliphatic rings. The maximum absolute atomic E-state index is 12.3. The molecular weight excluding hydrogens is 280 g/mol. The third-order valence-electron chi connectivity index (χ3n) is 4.05. The molecule has 0 saturated heterocycles. The molecule has 5 heteroatoms. The number of hydrogen-bond acceptors (Lipinski definition) is 3. The molecule has 1 fully saturated rings. The molecule has 2 rings (SSSR count). The van der Waals surface area contributed by atoms with Gasteiger partial charge in [-0.15, -0.1) is 0 Å². The van der Waals surface area contributed by atoms with Crippen LogP contribution in [0.3, 0.4) is 0 Å². The lowest BCUT2D eigenvalue weighted by Gasteiger charge is -2.25. The van der Waals surface area contributed by atoms with Crippen LogP contribution in [-0.4, -0.2) is 40.5 Å². The van der Waals surface area contributed by atoms with Crippen LogP contribution < -0.4 is 5.32 Å². The number of aliphatic carboxylic acids is 1. The van der Waals surface area contributed by atoms with Gasteiger partial charge in [-0.3, -0.25) is 14.5 Å². The largest absolute Gasteiger partial charge is 0.480 e. The second kappa shape index (κ2) is 6.92. The lowest BCUT2D eigenvalue weighted by atomic mass is 10.0. The zero-order chi connectivity index (χ0) is 16.3. The van der Waals surface area contributed by atoms with E-state index in [2.05, 4.69) is 19.2 Å². The Kier molecular flexibility index (Phi) is 5.19. The maximum Gasteiger partial charge on any atom is 0.320 e. The number of amides is 1. The summed E-state index contributed by atoms with van der Waals surface area (Å²) in [6.07, 6.45) is 1.93. The number of hydrogen-bond donors (Lipinski definition) is 2. The molecule has 1 saturated carbocycles. The zero-order valence-corrected chi connectivity index (χ0v) is 13.4. The smallest absolute Gasteiger partial charge is 0.320 e. The first-order valence-electron chi connectivity index (χ1n) is 7.77. The number of carboxylic acids is 1. The molecule has 0 heterocycles. The van der Waals surface area contributed by atoms with Gasteiger partial charge in [-0.25, -0.2) is 0 Å². The SMILES string of the molecule is CC(C)c1ccccc1NC(=O)CN(C1CC1)C(C)C(=O)O. The van der Waals surface area contributed by atoms with Crippen molar-refractivity contribution in [1.29, 1.82) is 0 Å². The molecule has 0 bridgehead atoms. The number of para-hydroxylation sites is 1. The number of benzene rings is 1. The summed E-state index contributed by atoms with van der Waals surface area (Å²) in [6, 6.07) is 7.30. The summed E-state index contributed by atoms with van der Waals surface area (Å²) in [7, 11) is 0. The van der Waals surface area contributed by atoms with Gasteiger partial charge in [0.2, 0.25) is 5.91 Å². The molecular formula is C17H24N2O3. The average molecular weight is 304 g/mol. The fourth-order valence-electron chi connectivity index (χ4n) is 2.60. The molecule has 0 aromatic heterocycles. The van der Waals surface area contributed by atoms with Gasteiger partial charge in [0.05, 0.1) is 6.54 Å². The highest BCUT2D eigenvalue weighted by atomic mass is 16.4. The number of carbonyl (C=O) groups is 2. The average Bonchev–Trinajstić information content (AvgIpc) is 3.28. The van der Waals surface area contributed by atoms with Crippen molar-refractivity contribution in [3.8, 4) is 0 Å². The highest BCUT2D eigenvalue weighted by molar-refractivity contribution is 5.93. The molecule has 22 heavy (non-hydrogen) atoms. The van der Waals surface area contributed by atoms with Gasteiger partial charge in [-0.1, -0.05) is 32.0 Å². The number of anilines is 1. The van der Waals surface area contributed by atoms with Crippen molar-refractivity contribution in [3.63, 3.8) is 0 Å². The first-order chi connectivity index (χ1) is 10.4. The van der Waals surface area contributed by atoms with Crippen molar-refractivity contribution in [1.82, 2.24) is 4.90 Å². The molecule has 1 aromatic rings. The molecule has 0 radical (unpaired) electrons. The third kappa shape index (κ3) is 4.07. The monoisotopic (exact) mass is 304 g/mol. The number of nitrogens with one attached hydrogen (secondary N) is 1. The highest BCUT2D eigenvalue weighted by Crippen LogP contribution is 2.29. The van der Waals surface area contributed by atoms with E-state index in [9.17, 15) is 14.7 Å². The van der Waals surface area contributed by atoms with Crippen LogP contribution in [0.15, 0.2) is 24.3 Å². The van der Waals surface area contributed by atoms with Gasteiger partial charge in [0.15, 0.2) is 0 Å². The molecule has 1 aromatic carbocycles. The third-order valence-corrected chi connectivity index (χ3v) is 4.05. The van der Waals surface area contributed by atoms with E-state index in [-0.39, 0.29) is 18.5 Å². The Morgan fingerprint density at radius 3 is 2.45 bits per heavy atom. The van der Waals surface area contributed by atoms with Gasteiger partial charge in [0.1, 0.15) is 6.04 Å². The lowest BCUT2D eigenvalue weighted by Crippen LogP contribution is -2.44. The number of rotatable bonds is 7. The van der Waals surface area contributed by atoms with Crippen molar-refractivity contribution in [2.24, 2.45) is 0 Å². The molecule has 5 nitrogen and oxygen atoms in total. The number of carboxylic acid groups (broad SMARTS) is 1. The van der Waals surface area contributed by atoms with E-state index in [1.807, 2.05) is 24.3 Å². The van der Waals surface area contributed by atoms with Crippen LogP contribution in [0.2, 0.25) is 0 Å². The van der Waals surface area contributed by atoms with Crippen LogP contribution in [0.25, 0.3) is 0 Å². The fraction of sp³-hybridized carbons (Fsp3) is 0.529. The van der Waals surface area contributed by atoms with Crippen LogP contribution in [0.5, 0.6) is 0 Å². The molecule has 1 aliphatic carbocycles. The van der Waals surface area contributed by atoms with Gasteiger partial charge >= 0.3 is 5.97 Å². The van der Waals surface area contributed by atoms with Crippen molar-refractivity contribution in [2.75, 3.05) is 11.9 Å². The zero-order valence-electron chi connectivity index (χ0n) is 13.4. The van der Waals surface area contributed by atoms with Crippen LogP contribution in [0.1, 0.15) is 45.1 Å². The second-order valence-electron chi connectivity index (χ2n) is 6.21. The van der Waals surface area contributed by atoms with E-state index in [0.717, 1.165) is 24.1 Å². The molecule has 1 atom stereocenters. The van der Waals surface area contributed by atoms with Crippen LogP contribution >= 0.6 is 0 Å². The maximum atomic E-state index is 12.3. The summed E-state index contributed by atoms with van der Waals surface area (Å²) < 4.78 is 0. The van der Waals surface area contributed by atoms with Gasteiger partial charge < -0.3 is 10.4 Å². The first-order valence-corrected chi connectivity index (χ1v) is 7.77. The van der Waals surface area contributed by atoms with Crippen molar-refractivity contribution in [3.05, 3.63) is 29.8 Å². The minimum Gasteiger partial charge on any atom is -0.480 e. The van der Waals surface area contributed by atoms with Gasteiger partial charge in [-0.05, 0) is 37.3 Å². The number of carbonyl (C=O) groups excluding carboxylic acids is 1. The summed E-state index contributed by atoms with van der Waals surface area (Å²) >= 11 is 0. The molecule has 0 aliphatic heterocycles. The topological polar surface area (TPSA) is 69.6 Å². The van der Waals surface area contributed by atoms with Crippen LogP contribution in [0, 0.1) is 0 Å². The Morgan fingerprint density at radius 2 is 1.91 bits per heavy atom. The molecule has 0 spiro atoms. The Labute approximate surface area is 131 Å². The van der Waals surface area contributed by atoms with Crippen molar-refractivity contribution in [2.45, 2.75) is 51.6 Å². The Hall–Kier alpha value is -1.88. The Morgan fingerprint density at radius 1 is 1.27 bits per heavy atom. The number of nitrogens with zero attached hydrogens (tertiary/aromatic N) is 1. The predicted octanol–water partition coefficient (Wildman–Crippen LogP) is 2.69. The highest BCUT2D eigenvalue weighted by Gasteiger charge is 2.36. The molecule has 120 valence electrons. The summed E-state index contributed by atoms with van der Waals surface area (Å²) in [5, 5.41) is 12.1. The van der Waals surface area contributed by atoms with Gasteiger partial charge in [0, 0.05) is 11.7 Å². The minimum atomic E-state index is -0.887. The first kappa shape index (κ1) is 16.5. The summed E-state index contributed by atoms with van der Waals surface area (Å²) in [5.41, 5.74) is 1.89. The predicted molar refractivity (Wildman–Crippen MR) is 86.0 cm³/mol. The van der Waals surface area contributed by atoms with Crippen LogP contribution in [-0.2, 0) is 9.59 Å². The van der Waals surface area contributed by atoms with Crippen molar-refractivity contribution >= 4 is 17.6 Å². The standard InChI is InChI=1S/C17H24N2O3/c1-11(2)14-6-4-5-7-15(14)18-16(20)10-19(13-8-9-13)12(3)17(21)22/h4-7,11-13H,8-10H2,1-3H3,(H,18,20)(H,21,22). The Bertz CT molecular complexity index is 553. The fourth-order valence-corrected chi connectivity index (χ4v) is 2.60.